The molecule has 1 aromatic carbocycles. The van der Waals surface area contributed by atoms with Crippen LogP contribution in [0.4, 0.5) is 24.1 Å². The number of fused-ring (bicyclic) bond motifs is 2. The number of alkyl halides is 1. The number of aliphatic imine (C=N–C) groups is 1. The summed E-state index contributed by atoms with van der Waals surface area (Å²) in [5.41, 5.74) is 3.60. The Balaban J connectivity index is 2.39. The Labute approximate surface area is 219 Å². The van der Waals surface area contributed by atoms with Gasteiger partial charge in [0.2, 0.25) is 0 Å². The molecule has 0 unspecified atom stereocenters. The molecular weight excluding hydrogens is 524 g/mol. The topological polar surface area (TPSA) is 151 Å². The molecule has 3 rings (SSSR count). The zero-order valence-corrected chi connectivity index (χ0v) is 23.1. The summed E-state index contributed by atoms with van der Waals surface area (Å²) in [5.74, 6) is -1.64. The lowest BCUT2D eigenvalue weighted by Gasteiger charge is -2.43. The van der Waals surface area contributed by atoms with Gasteiger partial charge in [-0.1, -0.05) is 5.11 Å². The second kappa shape index (κ2) is 9.49. The fourth-order valence-corrected chi connectivity index (χ4v) is 7.27. The van der Waals surface area contributed by atoms with Crippen molar-refractivity contribution in [2.75, 3.05) is 6.67 Å². The lowest BCUT2D eigenvalue weighted by atomic mass is 9.86. The Kier molecular flexibility index (Phi) is 7.32. The third-order valence-electron chi connectivity index (χ3n) is 6.34. The average Bonchev–Trinajstić information content (AvgIpc) is 2.91. The van der Waals surface area contributed by atoms with Gasteiger partial charge in [-0.25, -0.2) is 26.8 Å². The van der Waals surface area contributed by atoms with E-state index in [0.29, 0.717) is 4.90 Å². The summed E-state index contributed by atoms with van der Waals surface area (Å²) in [7, 11) is -4.39. The van der Waals surface area contributed by atoms with Gasteiger partial charge in [-0.3, -0.25) is 4.99 Å². The van der Waals surface area contributed by atoms with Crippen molar-refractivity contribution in [2.45, 2.75) is 88.0 Å². The minimum absolute atomic E-state index is 0.103. The van der Waals surface area contributed by atoms with Gasteiger partial charge >= 0.3 is 12.2 Å². The third kappa shape index (κ3) is 4.94. The van der Waals surface area contributed by atoms with Gasteiger partial charge in [-0.15, -0.1) is 0 Å². The number of imide groups is 1. The van der Waals surface area contributed by atoms with Gasteiger partial charge in [0.1, 0.15) is 39.8 Å². The molecule has 38 heavy (non-hydrogen) atoms. The summed E-state index contributed by atoms with van der Waals surface area (Å²) in [6.45, 7) is 8.99. The first-order valence-corrected chi connectivity index (χ1v) is 13.4. The second-order valence-electron chi connectivity index (χ2n) is 11.4. The summed E-state index contributed by atoms with van der Waals surface area (Å²) < 4.78 is 67.0. The summed E-state index contributed by atoms with van der Waals surface area (Å²) in [5, 5.41) is 1.88. The molecule has 2 amide bonds. The zero-order chi connectivity index (χ0) is 28.9. The van der Waals surface area contributed by atoms with Gasteiger partial charge in [0.25, 0.3) is 0 Å². The number of ether oxygens (including phenoxy) is 2. The predicted molar refractivity (Wildman–Crippen MR) is 135 cm³/mol. The molecule has 0 radical (unpaired) electrons. The molecule has 2 aliphatic rings. The first kappa shape index (κ1) is 29.3. The van der Waals surface area contributed by atoms with Crippen LogP contribution in [0, 0.1) is 5.82 Å². The Hall–Kier alpha value is -3.25. The smallest absolute Gasteiger partial charge is 0.425 e. The zero-order valence-electron chi connectivity index (χ0n) is 22.3. The Morgan fingerprint density at radius 1 is 1.18 bits per heavy atom. The van der Waals surface area contributed by atoms with Crippen LogP contribution in [-0.2, 0) is 24.8 Å². The highest BCUT2D eigenvalue weighted by atomic mass is 32.2. The molecule has 14 heteroatoms. The maximum Gasteiger partial charge on any atom is 0.425 e. The van der Waals surface area contributed by atoms with Crippen molar-refractivity contribution in [3.05, 3.63) is 40.0 Å². The van der Waals surface area contributed by atoms with Gasteiger partial charge in [0, 0.05) is 16.2 Å². The maximum atomic E-state index is 15.2. The molecular formula is C24H31F2N5O6S. The molecule has 1 aromatic rings. The molecule has 3 atom stereocenters. The molecule has 2 bridgehead atoms. The van der Waals surface area contributed by atoms with E-state index < -0.39 is 72.7 Å². The second-order valence-corrected chi connectivity index (χ2v) is 14.0. The van der Waals surface area contributed by atoms with Crippen LogP contribution in [0.1, 0.15) is 66.9 Å². The van der Waals surface area contributed by atoms with Crippen molar-refractivity contribution in [2.24, 2.45) is 10.1 Å². The first-order chi connectivity index (χ1) is 17.3. The predicted octanol–water partition coefficient (Wildman–Crippen LogP) is 5.85. The van der Waals surface area contributed by atoms with Crippen LogP contribution in [0.5, 0.6) is 0 Å². The van der Waals surface area contributed by atoms with E-state index in [2.05, 4.69) is 15.0 Å². The molecule has 0 N–H and O–H groups in total. The molecule has 208 valence electrons. The molecule has 0 spiro atoms. The summed E-state index contributed by atoms with van der Waals surface area (Å²) in [4.78, 5) is 34.1. The van der Waals surface area contributed by atoms with Crippen LogP contribution in [0.3, 0.4) is 0 Å². The van der Waals surface area contributed by atoms with Crippen LogP contribution in [0.2, 0.25) is 0 Å². The van der Waals surface area contributed by atoms with Crippen molar-refractivity contribution < 1.29 is 36.3 Å². The van der Waals surface area contributed by atoms with Crippen molar-refractivity contribution in [3.8, 4) is 0 Å². The minimum atomic E-state index is -4.39. The number of nitrogens with zero attached hydrogens (tertiary/aromatic N) is 5. The van der Waals surface area contributed by atoms with E-state index in [4.69, 9.17) is 15.0 Å². The average molecular weight is 556 g/mol. The number of amidine groups is 1. The summed E-state index contributed by atoms with van der Waals surface area (Å²) in [6.07, 6.45) is -2.86. The van der Waals surface area contributed by atoms with Crippen molar-refractivity contribution in [1.82, 2.24) is 4.90 Å². The standard InChI is InChI=1S/C24H31F2N5O6S/c1-21(2,3)36-19(32)31(20(33)37-22(4,5)6)18-23(7)11-10-17(38(23,34)35)24(13-25,28-18)15-12-14(29-30-27)8-9-16(15)26/h8-9,12,17H,10-11,13H2,1-7H3/t17-,23+,24+/m0/s1. The van der Waals surface area contributed by atoms with Gasteiger partial charge in [0.15, 0.2) is 9.84 Å². The first-order valence-electron chi connectivity index (χ1n) is 11.8. The number of benzene rings is 1. The van der Waals surface area contributed by atoms with Crippen LogP contribution in [-0.4, -0.2) is 59.2 Å². The summed E-state index contributed by atoms with van der Waals surface area (Å²) >= 11 is 0. The van der Waals surface area contributed by atoms with E-state index in [1.54, 1.807) is 0 Å². The SMILES string of the molecule is CC(C)(C)OC(=O)N(C(=O)OC(C)(C)C)C1=N[C@](CF)(c2cc(N=[N+]=[N-])ccc2F)[C@@H]2CC[C@@]1(C)S2(=O)=O. The van der Waals surface area contributed by atoms with Crippen molar-refractivity contribution in [3.63, 3.8) is 0 Å². The highest BCUT2D eigenvalue weighted by Gasteiger charge is 2.67. The number of rotatable bonds is 3. The van der Waals surface area contributed by atoms with Gasteiger partial charge in [-0.2, -0.15) is 4.90 Å². The number of hydrogen-bond acceptors (Lipinski definition) is 8. The number of hydrogen-bond donors (Lipinski definition) is 0. The number of amides is 2. The fraction of sp³-hybridized carbons (Fsp3) is 0.625. The molecule has 0 aliphatic carbocycles. The van der Waals surface area contributed by atoms with Crippen LogP contribution >= 0.6 is 0 Å². The van der Waals surface area contributed by atoms with E-state index >= 15 is 8.78 Å². The van der Waals surface area contributed by atoms with Crippen LogP contribution in [0.25, 0.3) is 10.4 Å². The van der Waals surface area contributed by atoms with Crippen LogP contribution in [0.15, 0.2) is 28.3 Å². The number of carbonyl (C=O) groups excluding carboxylic acids is 2. The quantitative estimate of drug-likeness (QED) is 0.259. The lowest BCUT2D eigenvalue weighted by molar-refractivity contribution is 0.0138. The maximum absolute atomic E-state index is 15.2. The van der Waals surface area contributed by atoms with Crippen molar-refractivity contribution >= 4 is 33.5 Å². The molecule has 1 saturated heterocycles. The molecule has 1 fully saturated rings. The van der Waals surface area contributed by atoms with Crippen LogP contribution < -0.4 is 0 Å². The van der Waals surface area contributed by atoms with Crippen molar-refractivity contribution in [1.29, 1.82) is 0 Å². The molecule has 0 aromatic heterocycles. The molecule has 0 saturated carbocycles. The number of halogens is 2. The van der Waals surface area contributed by atoms with E-state index in [9.17, 15) is 18.0 Å². The van der Waals surface area contributed by atoms with Gasteiger partial charge in [0.05, 0.1) is 5.25 Å². The Bertz CT molecular complexity index is 1320. The van der Waals surface area contributed by atoms with Gasteiger partial charge in [-0.05, 0) is 85.0 Å². The summed E-state index contributed by atoms with van der Waals surface area (Å²) in [6, 6.07) is 3.05. The van der Waals surface area contributed by atoms with Gasteiger partial charge < -0.3 is 9.47 Å². The third-order valence-corrected chi connectivity index (χ3v) is 9.36. The minimum Gasteiger partial charge on any atom is -0.443 e. The fourth-order valence-electron chi connectivity index (χ4n) is 4.66. The lowest BCUT2D eigenvalue weighted by Crippen LogP contribution is -2.62. The molecule has 2 heterocycles. The molecule has 11 nitrogen and oxygen atoms in total. The molecule has 2 aliphatic heterocycles. The number of sulfone groups is 1. The van der Waals surface area contributed by atoms with E-state index in [0.717, 1.165) is 18.2 Å². The normalized spacial score (nSPS) is 26.1. The highest BCUT2D eigenvalue weighted by molar-refractivity contribution is 7.94. The number of carbonyl (C=O) groups is 2. The number of azide groups is 1. The van der Waals surface area contributed by atoms with E-state index in [1.165, 1.54) is 48.5 Å². The monoisotopic (exact) mass is 555 g/mol. The van der Waals surface area contributed by atoms with E-state index in [-0.39, 0.29) is 18.5 Å². The van der Waals surface area contributed by atoms with E-state index in [1.807, 2.05) is 0 Å². The Morgan fingerprint density at radius 3 is 2.21 bits per heavy atom. The Morgan fingerprint density at radius 2 is 1.74 bits per heavy atom. The highest BCUT2D eigenvalue weighted by Crippen LogP contribution is 2.53. The largest absolute Gasteiger partial charge is 0.443 e.